The summed E-state index contributed by atoms with van der Waals surface area (Å²) in [6.45, 7) is 4.22. The number of carbonyl (C=O) groups is 1. The zero-order valence-corrected chi connectivity index (χ0v) is 13.1. The maximum absolute atomic E-state index is 12.0. The van der Waals surface area contributed by atoms with Gasteiger partial charge in [0.1, 0.15) is 5.00 Å². The second-order valence-electron chi connectivity index (χ2n) is 4.53. The molecule has 0 saturated heterocycles. The van der Waals surface area contributed by atoms with Gasteiger partial charge in [0.15, 0.2) is 5.11 Å². The molecule has 0 unspecified atom stereocenters. The number of anilines is 1. The van der Waals surface area contributed by atoms with Gasteiger partial charge in [-0.3, -0.25) is 0 Å². The van der Waals surface area contributed by atoms with Crippen molar-refractivity contribution in [1.82, 2.24) is 5.32 Å². The molecule has 0 aromatic carbocycles. The summed E-state index contributed by atoms with van der Waals surface area (Å²) >= 11 is 6.81. The van der Waals surface area contributed by atoms with Crippen LogP contribution in [0, 0.1) is 0 Å². The molecule has 108 valence electrons. The van der Waals surface area contributed by atoms with Crippen LogP contribution in [0.25, 0.3) is 0 Å². The Morgan fingerprint density at radius 2 is 2.25 bits per heavy atom. The molecule has 1 aromatic rings. The van der Waals surface area contributed by atoms with Crippen LogP contribution < -0.4 is 10.6 Å². The molecule has 1 aromatic heterocycles. The predicted molar refractivity (Wildman–Crippen MR) is 86.7 cm³/mol. The average Bonchev–Trinajstić information content (AvgIpc) is 2.82. The highest BCUT2D eigenvalue weighted by atomic mass is 32.1. The maximum Gasteiger partial charge on any atom is 0.341 e. The molecule has 0 saturated carbocycles. The van der Waals surface area contributed by atoms with Gasteiger partial charge in [0.25, 0.3) is 0 Å². The van der Waals surface area contributed by atoms with Crippen molar-refractivity contribution >= 4 is 39.6 Å². The van der Waals surface area contributed by atoms with Crippen LogP contribution in [0.5, 0.6) is 0 Å². The molecule has 6 heteroatoms. The summed E-state index contributed by atoms with van der Waals surface area (Å²) < 4.78 is 4.91. The van der Waals surface area contributed by atoms with Crippen LogP contribution in [0.4, 0.5) is 5.00 Å². The summed E-state index contributed by atoms with van der Waals surface area (Å²) in [5, 5.41) is 7.39. The fourth-order valence-corrected chi connectivity index (χ4v) is 3.82. The summed E-state index contributed by atoms with van der Waals surface area (Å²) in [4.78, 5) is 13.3. The Balaban J connectivity index is 2.27. The highest BCUT2D eigenvalue weighted by Crippen LogP contribution is 2.38. The van der Waals surface area contributed by atoms with Crippen molar-refractivity contribution in [3.63, 3.8) is 0 Å². The standard InChI is InChI=1S/C14H18N2O2S2/c1-3-8-15-14(19)16-12-11(13(17)18-2)9-6-4-5-7-10(9)20-12/h3H,1,4-8H2,2H3,(H2,15,16,19). The summed E-state index contributed by atoms with van der Waals surface area (Å²) in [6, 6.07) is 0. The molecule has 0 spiro atoms. The van der Waals surface area contributed by atoms with Gasteiger partial charge in [-0.1, -0.05) is 6.08 Å². The number of aryl methyl sites for hydroxylation is 1. The lowest BCUT2D eigenvalue weighted by atomic mass is 9.95. The Kier molecular flexibility index (Phi) is 5.14. The van der Waals surface area contributed by atoms with Gasteiger partial charge in [0.2, 0.25) is 0 Å². The molecule has 20 heavy (non-hydrogen) atoms. The van der Waals surface area contributed by atoms with Gasteiger partial charge in [-0.2, -0.15) is 0 Å². The third kappa shape index (κ3) is 3.19. The predicted octanol–water partition coefficient (Wildman–Crippen LogP) is 2.89. The van der Waals surface area contributed by atoms with Gasteiger partial charge in [-0.05, 0) is 43.5 Å². The minimum atomic E-state index is -0.293. The van der Waals surface area contributed by atoms with Gasteiger partial charge in [-0.25, -0.2) is 4.79 Å². The molecule has 4 nitrogen and oxygen atoms in total. The summed E-state index contributed by atoms with van der Waals surface area (Å²) in [6.07, 6.45) is 5.98. The molecular formula is C14H18N2O2S2. The lowest BCUT2D eigenvalue weighted by Crippen LogP contribution is -2.28. The van der Waals surface area contributed by atoms with Crippen LogP contribution in [0.1, 0.15) is 33.6 Å². The van der Waals surface area contributed by atoms with Crippen molar-refractivity contribution in [3.8, 4) is 0 Å². The largest absolute Gasteiger partial charge is 0.465 e. The van der Waals surface area contributed by atoms with Crippen molar-refractivity contribution < 1.29 is 9.53 Å². The number of esters is 1. The van der Waals surface area contributed by atoms with E-state index in [-0.39, 0.29) is 5.97 Å². The Bertz CT molecular complexity index is 538. The van der Waals surface area contributed by atoms with E-state index in [4.69, 9.17) is 17.0 Å². The van der Waals surface area contributed by atoms with E-state index in [0.29, 0.717) is 17.2 Å². The van der Waals surface area contributed by atoms with Gasteiger partial charge in [0, 0.05) is 11.4 Å². The number of thiophene rings is 1. The molecule has 0 fully saturated rings. The van der Waals surface area contributed by atoms with Crippen LogP contribution in [-0.4, -0.2) is 24.7 Å². The lowest BCUT2D eigenvalue weighted by Gasteiger charge is -2.12. The summed E-state index contributed by atoms with van der Waals surface area (Å²) in [7, 11) is 1.41. The Labute approximate surface area is 128 Å². The third-order valence-electron chi connectivity index (χ3n) is 3.19. The topological polar surface area (TPSA) is 50.4 Å². The number of fused-ring (bicyclic) bond motifs is 1. The zero-order chi connectivity index (χ0) is 14.5. The smallest absolute Gasteiger partial charge is 0.341 e. The first kappa shape index (κ1) is 15.0. The van der Waals surface area contributed by atoms with Gasteiger partial charge in [-0.15, -0.1) is 17.9 Å². The van der Waals surface area contributed by atoms with Crippen molar-refractivity contribution in [2.45, 2.75) is 25.7 Å². The van der Waals surface area contributed by atoms with Gasteiger partial charge in [0.05, 0.1) is 12.7 Å². The summed E-state index contributed by atoms with van der Waals surface area (Å²) in [5.74, 6) is -0.293. The Morgan fingerprint density at radius 1 is 1.50 bits per heavy atom. The fourth-order valence-electron chi connectivity index (χ4n) is 2.28. The number of ether oxygens (including phenoxy) is 1. The number of hydrogen-bond acceptors (Lipinski definition) is 4. The zero-order valence-electron chi connectivity index (χ0n) is 11.5. The van der Waals surface area contributed by atoms with E-state index in [1.54, 1.807) is 17.4 Å². The average molecular weight is 310 g/mol. The molecule has 1 aliphatic carbocycles. The molecule has 0 aliphatic heterocycles. The van der Waals surface area contributed by atoms with E-state index in [9.17, 15) is 4.79 Å². The van der Waals surface area contributed by atoms with Crippen molar-refractivity contribution in [3.05, 3.63) is 28.7 Å². The highest BCUT2D eigenvalue weighted by molar-refractivity contribution is 7.80. The van der Waals surface area contributed by atoms with E-state index in [0.717, 1.165) is 29.8 Å². The van der Waals surface area contributed by atoms with Crippen LogP contribution in [-0.2, 0) is 17.6 Å². The van der Waals surface area contributed by atoms with Crippen molar-refractivity contribution in [2.24, 2.45) is 0 Å². The number of nitrogens with one attached hydrogen (secondary N) is 2. The monoisotopic (exact) mass is 310 g/mol. The normalized spacial score (nSPS) is 13.2. The van der Waals surface area contributed by atoms with Crippen LogP contribution in [0.15, 0.2) is 12.7 Å². The second-order valence-corrected chi connectivity index (χ2v) is 6.04. The molecule has 0 bridgehead atoms. The van der Waals surface area contributed by atoms with E-state index < -0.39 is 0 Å². The first-order valence-electron chi connectivity index (χ1n) is 6.56. The first-order valence-corrected chi connectivity index (χ1v) is 7.78. The van der Waals surface area contributed by atoms with Crippen molar-refractivity contribution in [2.75, 3.05) is 19.0 Å². The van der Waals surface area contributed by atoms with Crippen LogP contribution in [0.2, 0.25) is 0 Å². The Hall–Kier alpha value is -1.40. The quantitative estimate of drug-likeness (QED) is 0.509. The van der Waals surface area contributed by atoms with Crippen molar-refractivity contribution in [1.29, 1.82) is 0 Å². The van der Waals surface area contributed by atoms with E-state index in [1.165, 1.54) is 18.4 Å². The first-order chi connectivity index (χ1) is 9.67. The molecular weight excluding hydrogens is 292 g/mol. The number of rotatable bonds is 4. The maximum atomic E-state index is 12.0. The summed E-state index contributed by atoms with van der Waals surface area (Å²) in [5.41, 5.74) is 1.78. The Morgan fingerprint density at radius 3 is 2.95 bits per heavy atom. The minimum Gasteiger partial charge on any atom is -0.465 e. The van der Waals surface area contributed by atoms with E-state index in [1.807, 2.05) is 0 Å². The van der Waals surface area contributed by atoms with E-state index in [2.05, 4.69) is 17.2 Å². The number of methoxy groups -OCH3 is 1. The van der Waals surface area contributed by atoms with Gasteiger partial charge >= 0.3 is 5.97 Å². The lowest BCUT2D eigenvalue weighted by molar-refractivity contribution is 0.0601. The number of hydrogen-bond donors (Lipinski definition) is 2. The molecule has 0 atom stereocenters. The third-order valence-corrected chi connectivity index (χ3v) is 4.65. The SMILES string of the molecule is C=CCNC(=S)Nc1sc2c(c1C(=O)OC)CCCC2. The molecule has 2 rings (SSSR count). The molecule has 0 radical (unpaired) electrons. The fraction of sp³-hybridized carbons (Fsp3) is 0.429. The highest BCUT2D eigenvalue weighted by Gasteiger charge is 2.26. The minimum absolute atomic E-state index is 0.293. The number of thiocarbonyl (C=S) groups is 1. The molecule has 0 amide bonds. The van der Waals surface area contributed by atoms with E-state index >= 15 is 0 Å². The van der Waals surface area contributed by atoms with Crippen LogP contribution in [0.3, 0.4) is 0 Å². The second kappa shape index (κ2) is 6.85. The molecule has 1 heterocycles. The number of carbonyl (C=O) groups excluding carboxylic acids is 1. The van der Waals surface area contributed by atoms with Crippen LogP contribution >= 0.6 is 23.6 Å². The van der Waals surface area contributed by atoms with Gasteiger partial charge < -0.3 is 15.4 Å². The molecule has 1 aliphatic rings. The molecule has 2 N–H and O–H groups in total.